The van der Waals surface area contributed by atoms with Crippen LogP contribution in [0.3, 0.4) is 0 Å². The van der Waals surface area contributed by atoms with Crippen molar-refractivity contribution in [3.63, 3.8) is 0 Å². The lowest BCUT2D eigenvalue weighted by Gasteiger charge is -2.35. The summed E-state index contributed by atoms with van der Waals surface area (Å²) in [4.78, 5) is 20.8. The van der Waals surface area contributed by atoms with Gasteiger partial charge in [-0.15, -0.1) is 0 Å². The maximum Gasteiger partial charge on any atom is 0.416 e. The highest BCUT2D eigenvalue weighted by atomic mass is 19.4. The first kappa shape index (κ1) is 23.6. The molecule has 1 amide bonds. The van der Waals surface area contributed by atoms with Gasteiger partial charge in [0.25, 0.3) is 0 Å². The minimum absolute atomic E-state index is 0.0683. The van der Waals surface area contributed by atoms with Crippen molar-refractivity contribution in [2.24, 2.45) is 0 Å². The Labute approximate surface area is 206 Å². The molecule has 36 heavy (non-hydrogen) atoms. The number of piperazine rings is 1. The highest BCUT2D eigenvalue weighted by molar-refractivity contribution is 5.78. The van der Waals surface area contributed by atoms with Crippen LogP contribution in [0.2, 0.25) is 0 Å². The molecular weight excluding hydrogens is 467 g/mol. The summed E-state index contributed by atoms with van der Waals surface area (Å²) in [5.74, 6) is 0.175. The van der Waals surface area contributed by atoms with Gasteiger partial charge in [0, 0.05) is 37.9 Å². The number of anilines is 1. The highest BCUT2D eigenvalue weighted by Crippen LogP contribution is 2.31. The van der Waals surface area contributed by atoms with Crippen molar-refractivity contribution >= 4 is 11.7 Å². The SMILES string of the molecule is O=C(Cn1nc(-c2ccccc2)cc1-c1ccccc1)N1CCN(c2cc(C(F)(F)F)ccn2)CC1. The number of rotatable bonds is 5. The Morgan fingerprint density at radius 3 is 2.11 bits per heavy atom. The Morgan fingerprint density at radius 2 is 1.47 bits per heavy atom. The fraction of sp³-hybridized carbons (Fsp3) is 0.222. The topological polar surface area (TPSA) is 54.3 Å². The number of benzene rings is 2. The lowest BCUT2D eigenvalue weighted by atomic mass is 10.1. The zero-order valence-electron chi connectivity index (χ0n) is 19.4. The zero-order valence-corrected chi connectivity index (χ0v) is 19.4. The third-order valence-electron chi connectivity index (χ3n) is 6.23. The predicted molar refractivity (Wildman–Crippen MR) is 131 cm³/mol. The van der Waals surface area contributed by atoms with Gasteiger partial charge in [-0.1, -0.05) is 60.7 Å². The number of hydrogen-bond acceptors (Lipinski definition) is 4. The van der Waals surface area contributed by atoms with E-state index < -0.39 is 11.7 Å². The number of alkyl halides is 3. The number of halogens is 3. The summed E-state index contributed by atoms with van der Waals surface area (Å²) in [5.41, 5.74) is 2.81. The maximum atomic E-state index is 13.2. The lowest BCUT2D eigenvalue weighted by Crippen LogP contribution is -2.50. The van der Waals surface area contributed by atoms with Crippen LogP contribution in [0.1, 0.15) is 5.56 Å². The van der Waals surface area contributed by atoms with Crippen LogP contribution in [0.25, 0.3) is 22.5 Å². The molecule has 0 saturated carbocycles. The van der Waals surface area contributed by atoms with E-state index >= 15 is 0 Å². The van der Waals surface area contributed by atoms with Crippen LogP contribution < -0.4 is 4.90 Å². The van der Waals surface area contributed by atoms with E-state index in [4.69, 9.17) is 5.10 Å². The van der Waals surface area contributed by atoms with Crippen molar-refractivity contribution < 1.29 is 18.0 Å². The molecule has 6 nitrogen and oxygen atoms in total. The van der Waals surface area contributed by atoms with Gasteiger partial charge in [0.2, 0.25) is 5.91 Å². The first-order valence-electron chi connectivity index (χ1n) is 11.6. The molecule has 0 unspecified atom stereocenters. The summed E-state index contributed by atoms with van der Waals surface area (Å²) in [6.45, 7) is 1.66. The number of amides is 1. The van der Waals surface area contributed by atoms with Crippen molar-refractivity contribution in [3.8, 4) is 22.5 Å². The Bertz CT molecular complexity index is 1330. The van der Waals surface area contributed by atoms with E-state index in [0.717, 1.165) is 34.6 Å². The molecule has 4 aromatic rings. The Kier molecular flexibility index (Phi) is 6.45. The summed E-state index contributed by atoms with van der Waals surface area (Å²) in [7, 11) is 0. The monoisotopic (exact) mass is 491 g/mol. The number of pyridine rings is 1. The third kappa shape index (κ3) is 5.10. The molecule has 2 aromatic heterocycles. The first-order chi connectivity index (χ1) is 17.4. The maximum absolute atomic E-state index is 13.2. The van der Waals surface area contributed by atoms with E-state index in [1.165, 1.54) is 6.20 Å². The summed E-state index contributed by atoms with van der Waals surface area (Å²) in [6.07, 6.45) is -3.25. The van der Waals surface area contributed by atoms with Crippen LogP contribution in [0.4, 0.5) is 19.0 Å². The average molecular weight is 492 g/mol. The molecule has 5 rings (SSSR count). The average Bonchev–Trinajstić information content (AvgIpc) is 3.33. The van der Waals surface area contributed by atoms with Crippen LogP contribution in [-0.4, -0.2) is 51.8 Å². The van der Waals surface area contributed by atoms with Crippen molar-refractivity contribution in [2.45, 2.75) is 12.7 Å². The molecule has 3 heterocycles. The third-order valence-corrected chi connectivity index (χ3v) is 6.23. The van der Waals surface area contributed by atoms with E-state index in [-0.39, 0.29) is 18.3 Å². The Morgan fingerprint density at radius 1 is 0.833 bits per heavy atom. The van der Waals surface area contributed by atoms with Gasteiger partial charge in [-0.2, -0.15) is 18.3 Å². The van der Waals surface area contributed by atoms with Crippen LogP contribution >= 0.6 is 0 Å². The van der Waals surface area contributed by atoms with Crippen LogP contribution in [-0.2, 0) is 17.5 Å². The molecule has 0 bridgehead atoms. The molecule has 1 fully saturated rings. The zero-order chi connectivity index (χ0) is 25.1. The van der Waals surface area contributed by atoms with E-state index in [2.05, 4.69) is 4.98 Å². The quantitative estimate of drug-likeness (QED) is 0.395. The normalized spacial score (nSPS) is 14.2. The largest absolute Gasteiger partial charge is 0.416 e. The van der Waals surface area contributed by atoms with E-state index in [0.29, 0.717) is 26.2 Å². The molecule has 1 aliphatic rings. The van der Waals surface area contributed by atoms with Crippen molar-refractivity contribution in [1.29, 1.82) is 0 Å². The second-order valence-corrected chi connectivity index (χ2v) is 8.57. The lowest BCUT2D eigenvalue weighted by molar-refractivity contribution is -0.137. The number of aromatic nitrogens is 3. The van der Waals surface area contributed by atoms with Gasteiger partial charge in [0.1, 0.15) is 12.4 Å². The van der Waals surface area contributed by atoms with Gasteiger partial charge in [-0.25, -0.2) is 4.98 Å². The van der Waals surface area contributed by atoms with Crippen LogP contribution in [0, 0.1) is 0 Å². The Balaban J connectivity index is 1.31. The van der Waals surface area contributed by atoms with E-state index in [1.54, 1.807) is 14.5 Å². The molecule has 9 heteroatoms. The minimum atomic E-state index is -4.42. The summed E-state index contributed by atoms with van der Waals surface area (Å²) in [6, 6.07) is 23.6. The summed E-state index contributed by atoms with van der Waals surface area (Å²) < 4.78 is 40.9. The van der Waals surface area contributed by atoms with Crippen molar-refractivity contribution in [3.05, 3.63) is 90.6 Å². The molecule has 0 aliphatic carbocycles. The molecule has 0 radical (unpaired) electrons. The molecule has 184 valence electrons. The molecule has 1 aliphatic heterocycles. The number of carbonyl (C=O) groups excluding carboxylic acids is 1. The first-order valence-corrected chi connectivity index (χ1v) is 11.6. The van der Waals surface area contributed by atoms with Gasteiger partial charge < -0.3 is 9.80 Å². The van der Waals surface area contributed by atoms with Crippen LogP contribution in [0.5, 0.6) is 0 Å². The second kappa shape index (κ2) is 9.85. The van der Waals surface area contributed by atoms with Gasteiger partial charge in [0.15, 0.2) is 0 Å². The summed E-state index contributed by atoms with van der Waals surface area (Å²) in [5, 5.41) is 4.73. The standard InChI is InChI=1S/C27H24F3N5O/c28-27(29,30)22-11-12-31-25(17-22)33-13-15-34(16-14-33)26(36)19-35-24(21-9-5-2-6-10-21)18-23(32-35)20-7-3-1-4-8-20/h1-12,17-18H,13-16,19H2. The van der Waals surface area contributed by atoms with Gasteiger partial charge in [-0.3, -0.25) is 9.48 Å². The van der Waals surface area contributed by atoms with Gasteiger partial charge in [0.05, 0.1) is 17.0 Å². The Hall–Kier alpha value is -4.14. The number of nitrogens with zero attached hydrogens (tertiary/aromatic N) is 5. The van der Waals surface area contributed by atoms with Gasteiger partial charge in [-0.05, 0) is 23.8 Å². The van der Waals surface area contributed by atoms with E-state index in [9.17, 15) is 18.0 Å². The smallest absolute Gasteiger partial charge is 0.353 e. The molecule has 0 N–H and O–H groups in total. The van der Waals surface area contributed by atoms with Crippen molar-refractivity contribution in [1.82, 2.24) is 19.7 Å². The number of hydrogen-bond donors (Lipinski definition) is 0. The van der Waals surface area contributed by atoms with Crippen LogP contribution in [0.15, 0.2) is 85.1 Å². The van der Waals surface area contributed by atoms with Crippen molar-refractivity contribution in [2.75, 3.05) is 31.1 Å². The number of carbonyl (C=O) groups is 1. The van der Waals surface area contributed by atoms with E-state index in [1.807, 2.05) is 66.7 Å². The molecular formula is C27H24F3N5O. The molecule has 0 spiro atoms. The molecule has 1 saturated heterocycles. The predicted octanol–water partition coefficient (Wildman–Crippen LogP) is 4.98. The fourth-order valence-corrected chi connectivity index (χ4v) is 4.31. The summed E-state index contributed by atoms with van der Waals surface area (Å²) >= 11 is 0. The highest BCUT2D eigenvalue weighted by Gasteiger charge is 2.32. The molecule has 2 aromatic carbocycles. The minimum Gasteiger partial charge on any atom is -0.353 e. The van der Waals surface area contributed by atoms with Gasteiger partial charge >= 0.3 is 6.18 Å². The second-order valence-electron chi connectivity index (χ2n) is 8.57. The fourth-order valence-electron chi connectivity index (χ4n) is 4.31. The molecule has 0 atom stereocenters.